The van der Waals surface area contributed by atoms with Crippen LogP contribution in [-0.4, -0.2) is 31.2 Å². The zero-order valence-electron chi connectivity index (χ0n) is 12.2. The fourth-order valence-electron chi connectivity index (χ4n) is 2.42. The van der Waals surface area contributed by atoms with Crippen LogP contribution < -0.4 is 0 Å². The van der Waals surface area contributed by atoms with Crippen molar-refractivity contribution in [2.45, 2.75) is 51.9 Å². The molecule has 0 aliphatic carbocycles. The Morgan fingerprint density at radius 3 is 1.60 bits per heavy atom. The summed E-state index contributed by atoms with van der Waals surface area (Å²) in [4.78, 5) is 0. The topological polar surface area (TPSA) is 0 Å². The summed E-state index contributed by atoms with van der Waals surface area (Å²) in [5, 5.41) is 0. The van der Waals surface area contributed by atoms with E-state index in [9.17, 15) is 25.2 Å². The molecule has 0 aromatic carbocycles. The SMILES string of the molecule is CCCCCCC[N+]1(C)CCCC1.F[P-](F)(F)(F)(F)F. The normalized spacial score (nSPS) is 21.6. The molecule has 1 aliphatic heterocycles. The Hall–Kier alpha value is -0.0300. The molecule has 1 heterocycles. The van der Waals surface area contributed by atoms with Crippen LogP contribution in [0.2, 0.25) is 0 Å². The summed E-state index contributed by atoms with van der Waals surface area (Å²) in [5.41, 5.74) is 0. The van der Waals surface area contributed by atoms with Crippen LogP contribution >= 0.6 is 7.81 Å². The maximum atomic E-state index is 9.87. The van der Waals surface area contributed by atoms with Crippen LogP contribution in [0, 0.1) is 0 Å². The van der Waals surface area contributed by atoms with Gasteiger partial charge in [0.2, 0.25) is 0 Å². The van der Waals surface area contributed by atoms with Crippen molar-refractivity contribution in [3.05, 3.63) is 0 Å². The van der Waals surface area contributed by atoms with E-state index in [0.29, 0.717) is 0 Å². The van der Waals surface area contributed by atoms with Crippen LogP contribution in [0.15, 0.2) is 0 Å². The summed E-state index contributed by atoms with van der Waals surface area (Å²) in [6, 6.07) is 0. The van der Waals surface area contributed by atoms with Crippen molar-refractivity contribution in [3.8, 4) is 0 Å². The summed E-state index contributed by atoms with van der Waals surface area (Å²) in [6.07, 6.45) is 10.1. The van der Waals surface area contributed by atoms with E-state index < -0.39 is 7.81 Å². The molecule has 0 saturated carbocycles. The molecule has 1 nitrogen and oxygen atoms in total. The van der Waals surface area contributed by atoms with Crippen LogP contribution in [0.1, 0.15) is 51.9 Å². The van der Waals surface area contributed by atoms with E-state index in [2.05, 4.69) is 14.0 Å². The fraction of sp³-hybridized carbons (Fsp3) is 1.00. The van der Waals surface area contributed by atoms with Crippen molar-refractivity contribution in [1.29, 1.82) is 0 Å². The van der Waals surface area contributed by atoms with Crippen molar-refractivity contribution >= 4 is 7.81 Å². The first-order chi connectivity index (χ1) is 8.72. The van der Waals surface area contributed by atoms with Crippen molar-refractivity contribution in [3.63, 3.8) is 0 Å². The van der Waals surface area contributed by atoms with Crippen molar-refractivity contribution in [1.82, 2.24) is 0 Å². The van der Waals surface area contributed by atoms with Gasteiger partial charge in [-0.05, 0) is 12.8 Å². The van der Waals surface area contributed by atoms with Gasteiger partial charge in [0.25, 0.3) is 0 Å². The molecular formula is C12H26F6NP. The number of likely N-dealkylation sites (tertiary alicyclic amines) is 1. The minimum absolute atomic E-state index is 1.37. The molecule has 0 bridgehead atoms. The molecule has 1 saturated heterocycles. The third-order valence-electron chi connectivity index (χ3n) is 3.45. The summed E-state index contributed by atoms with van der Waals surface area (Å²) in [5.74, 6) is 0. The van der Waals surface area contributed by atoms with Crippen LogP contribution in [0.25, 0.3) is 0 Å². The van der Waals surface area contributed by atoms with E-state index >= 15 is 0 Å². The van der Waals surface area contributed by atoms with Gasteiger partial charge in [-0.25, -0.2) is 0 Å². The Kier molecular flexibility index (Phi) is 6.38. The summed E-state index contributed by atoms with van der Waals surface area (Å²) in [7, 11) is -8.22. The molecular weight excluding hydrogens is 303 g/mol. The average Bonchev–Trinajstić information content (AvgIpc) is 2.60. The van der Waals surface area contributed by atoms with Gasteiger partial charge < -0.3 is 4.48 Å². The zero-order chi connectivity index (χ0) is 16.0. The first-order valence-corrected chi connectivity index (χ1v) is 9.15. The second-order valence-electron chi connectivity index (χ2n) is 5.87. The van der Waals surface area contributed by atoms with Crippen molar-refractivity contribution in [2.24, 2.45) is 0 Å². The Bertz CT molecular complexity index is 268. The molecule has 0 atom stereocenters. The molecule has 8 heteroatoms. The second kappa shape index (κ2) is 6.39. The van der Waals surface area contributed by atoms with E-state index in [-0.39, 0.29) is 0 Å². The number of quaternary nitrogens is 1. The molecule has 0 aromatic rings. The van der Waals surface area contributed by atoms with Gasteiger partial charge in [-0.1, -0.05) is 26.2 Å². The fourth-order valence-corrected chi connectivity index (χ4v) is 2.42. The first-order valence-electron chi connectivity index (χ1n) is 7.12. The van der Waals surface area contributed by atoms with E-state index in [0.717, 1.165) is 0 Å². The summed E-state index contributed by atoms with van der Waals surface area (Å²) in [6.45, 7) is 6.60. The Morgan fingerprint density at radius 1 is 0.800 bits per heavy atom. The van der Waals surface area contributed by atoms with E-state index in [1.54, 1.807) is 0 Å². The number of hydrogen-bond donors (Lipinski definition) is 0. The van der Waals surface area contributed by atoms with Crippen molar-refractivity contribution in [2.75, 3.05) is 26.7 Å². The maximum absolute atomic E-state index is 10.7. The zero-order valence-corrected chi connectivity index (χ0v) is 13.1. The van der Waals surface area contributed by atoms with Crippen molar-refractivity contribution < 1.29 is 29.7 Å². The van der Waals surface area contributed by atoms with Gasteiger partial charge in [0.1, 0.15) is 0 Å². The van der Waals surface area contributed by atoms with Crippen LogP contribution in [-0.2, 0) is 0 Å². The number of hydrogen-bond acceptors (Lipinski definition) is 0. The molecule has 1 aliphatic rings. The third kappa shape index (κ3) is 18.0. The third-order valence-corrected chi connectivity index (χ3v) is 3.45. The predicted molar refractivity (Wildman–Crippen MR) is 72.3 cm³/mol. The average molecular weight is 329 g/mol. The number of unbranched alkanes of at least 4 members (excludes halogenated alkanes) is 4. The monoisotopic (exact) mass is 329 g/mol. The van der Waals surface area contributed by atoms with Gasteiger partial charge in [0, 0.05) is 12.8 Å². The summed E-state index contributed by atoms with van der Waals surface area (Å²) >= 11 is 0. The molecule has 0 spiro atoms. The van der Waals surface area contributed by atoms with Gasteiger partial charge in [0.05, 0.1) is 26.7 Å². The van der Waals surface area contributed by atoms with Crippen LogP contribution in [0.5, 0.6) is 0 Å². The van der Waals surface area contributed by atoms with E-state index in [4.69, 9.17) is 0 Å². The van der Waals surface area contributed by atoms with Gasteiger partial charge in [-0.15, -0.1) is 0 Å². The van der Waals surface area contributed by atoms with Crippen LogP contribution in [0.3, 0.4) is 0 Å². The number of rotatable bonds is 6. The predicted octanol–water partition coefficient (Wildman–Crippen LogP) is 6.58. The number of halogens is 6. The molecule has 0 radical (unpaired) electrons. The Labute approximate surface area is 117 Å². The van der Waals surface area contributed by atoms with Gasteiger partial charge >= 0.3 is 33.0 Å². The Balaban J connectivity index is 0.000000441. The molecule has 0 N–H and O–H groups in total. The molecule has 0 aromatic heterocycles. The quantitative estimate of drug-likeness (QED) is 0.223. The molecule has 0 unspecified atom stereocenters. The molecule has 0 amide bonds. The molecule has 1 rings (SSSR count). The summed E-state index contributed by atoms with van der Waals surface area (Å²) < 4.78 is 60.6. The van der Waals surface area contributed by atoms with Gasteiger partial charge in [-0.2, -0.15) is 0 Å². The standard InChI is InChI=1S/C12H26N.F6P/c1-3-4-5-6-7-10-13(2)11-8-9-12-13;1-7(2,3,4,5)6/h3-12H2,1-2H3;/q+1;-1. The van der Waals surface area contributed by atoms with Crippen LogP contribution in [0.4, 0.5) is 25.2 Å². The first kappa shape index (κ1) is 20.0. The number of nitrogens with zero attached hydrogens (tertiary/aromatic N) is 1. The van der Waals surface area contributed by atoms with E-state index in [1.807, 2.05) is 0 Å². The Morgan fingerprint density at radius 2 is 1.20 bits per heavy atom. The molecule has 126 valence electrons. The van der Waals surface area contributed by atoms with Gasteiger partial charge in [-0.3, -0.25) is 0 Å². The molecule has 20 heavy (non-hydrogen) atoms. The minimum atomic E-state index is -10.7. The molecule has 1 fully saturated rings. The van der Waals surface area contributed by atoms with E-state index in [1.165, 1.54) is 69.1 Å². The van der Waals surface area contributed by atoms with Gasteiger partial charge in [0.15, 0.2) is 0 Å². The second-order valence-corrected chi connectivity index (χ2v) is 7.79.